The first-order valence-electron chi connectivity index (χ1n) is 9.24. The summed E-state index contributed by atoms with van der Waals surface area (Å²) in [4.78, 5) is 33.0. The Kier molecular flexibility index (Phi) is 5.04. The topological polar surface area (TPSA) is 73.7 Å². The van der Waals surface area contributed by atoms with Crippen molar-refractivity contribution in [1.29, 1.82) is 0 Å². The van der Waals surface area contributed by atoms with Gasteiger partial charge in [0.05, 0.1) is 11.6 Å². The third kappa shape index (κ3) is 3.87. The van der Waals surface area contributed by atoms with E-state index in [1.807, 2.05) is 42.5 Å². The van der Waals surface area contributed by atoms with Crippen LogP contribution in [0.3, 0.4) is 0 Å². The van der Waals surface area contributed by atoms with Gasteiger partial charge in [-0.05, 0) is 29.8 Å². The average Bonchev–Trinajstić information content (AvgIpc) is 2.86. The molecule has 2 heterocycles. The van der Waals surface area contributed by atoms with Crippen molar-refractivity contribution in [3.63, 3.8) is 0 Å². The summed E-state index contributed by atoms with van der Waals surface area (Å²) in [5.74, 6) is -0.434. The van der Waals surface area contributed by atoms with Gasteiger partial charge in [-0.15, -0.1) is 0 Å². The summed E-state index contributed by atoms with van der Waals surface area (Å²) >= 11 is 0. The molecular formula is C22H21N3O3. The Bertz CT molecular complexity index is 1010. The van der Waals surface area contributed by atoms with Crippen LogP contribution in [0.1, 0.15) is 15.9 Å². The minimum Gasteiger partial charge on any atom is -0.389 e. The lowest BCUT2D eigenvalue weighted by Gasteiger charge is -2.22. The van der Waals surface area contributed by atoms with Crippen LogP contribution >= 0.6 is 0 Å². The van der Waals surface area contributed by atoms with Crippen LogP contribution in [0, 0.1) is 0 Å². The monoisotopic (exact) mass is 375 g/mol. The Morgan fingerprint density at radius 3 is 2.71 bits per heavy atom. The first-order chi connectivity index (χ1) is 13.6. The van der Waals surface area contributed by atoms with E-state index in [0.29, 0.717) is 12.1 Å². The summed E-state index contributed by atoms with van der Waals surface area (Å²) < 4.78 is 0. The first kappa shape index (κ1) is 18.1. The summed E-state index contributed by atoms with van der Waals surface area (Å²) in [6.07, 6.45) is 0.913. The third-order valence-electron chi connectivity index (χ3n) is 4.89. The Hall–Kier alpha value is -3.25. The molecule has 2 aromatic carbocycles. The van der Waals surface area contributed by atoms with Crippen molar-refractivity contribution in [2.75, 3.05) is 19.6 Å². The summed E-state index contributed by atoms with van der Waals surface area (Å²) in [6.45, 7) is 0.703. The van der Waals surface area contributed by atoms with Gasteiger partial charge >= 0.3 is 0 Å². The second-order valence-corrected chi connectivity index (χ2v) is 7.01. The number of rotatable bonds is 3. The standard InChI is InChI=1S/C22H21N3O3/c26-19-13-24(12-16-5-2-1-3-6-16)21(27)15-25(14-19)22(28)18-8-9-20-17(11-18)7-4-10-23-20/h1-11,19,26H,12-15H2. The molecule has 0 radical (unpaired) electrons. The molecule has 3 aromatic rings. The van der Waals surface area contributed by atoms with Crippen molar-refractivity contribution in [2.45, 2.75) is 12.6 Å². The number of aliphatic hydroxyl groups is 1. The molecule has 1 aliphatic rings. The van der Waals surface area contributed by atoms with Crippen LogP contribution < -0.4 is 0 Å². The van der Waals surface area contributed by atoms with Crippen molar-refractivity contribution >= 4 is 22.7 Å². The van der Waals surface area contributed by atoms with Crippen LogP contribution in [0.15, 0.2) is 66.9 Å². The highest BCUT2D eigenvalue weighted by molar-refractivity contribution is 5.99. The van der Waals surface area contributed by atoms with Crippen LogP contribution in [-0.2, 0) is 11.3 Å². The van der Waals surface area contributed by atoms with E-state index in [4.69, 9.17) is 0 Å². The third-order valence-corrected chi connectivity index (χ3v) is 4.89. The quantitative estimate of drug-likeness (QED) is 0.761. The van der Waals surface area contributed by atoms with Gasteiger partial charge in [-0.1, -0.05) is 36.4 Å². The van der Waals surface area contributed by atoms with Gasteiger partial charge in [-0.2, -0.15) is 0 Å². The Balaban J connectivity index is 1.53. The molecule has 6 nitrogen and oxygen atoms in total. The van der Waals surface area contributed by atoms with Crippen molar-refractivity contribution in [2.24, 2.45) is 0 Å². The minimum atomic E-state index is -0.791. The van der Waals surface area contributed by atoms with Crippen LogP contribution in [0.2, 0.25) is 0 Å². The maximum Gasteiger partial charge on any atom is 0.254 e. The van der Waals surface area contributed by atoms with E-state index in [1.165, 1.54) is 4.90 Å². The highest BCUT2D eigenvalue weighted by Gasteiger charge is 2.30. The number of carbonyl (C=O) groups is 2. The molecule has 6 heteroatoms. The highest BCUT2D eigenvalue weighted by atomic mass is 16.3. The lowest BCUT2D eigenvalue weighted by atomic mass is 10.1. The van der Waals surface area contributed by atoms with Crippen molar-refractivity contribution in [1.82, 2.24) is 14.8 Å². The fourth-order valence-corrected chi connectivity index (χ4v) is 3.50. The second-order valence-electron chi connectivity index (χ2n) is 7.01. The molecule has 0 saturated carbocycles. The van der Waals surface area contributed by atoms with Gasteiger partial charge in [0.1, 0.15) is 6.54 Å². The molecule has 28 heavy (non-hydrogen) atoms. The van der Waals surface area contributed by atoms with Gasteiger partial charge in [-0.25, -0.2) is 0 Å². The van der Waals surface area contributed by atoms with Crippen LogP contribution in [0.5, 0.6) is 0 Å². The smallest absolute Gasteiger partial charge is 0.254 e. The molecule has 1 fully saturated rings. The number of β-amino-alcohol motifs (C(OH)–C–C–N with tert-alkyl or cyclic N) is 1. The molecule has 1 N–H and O–H groups in total. The van der Waals surface area contributed by atoms with Gasteiger partial charge in [0, 0.05) is 36.8 Å². The van der Waals surface area contributed by atoms with E-state index in [1.54, 1.807) is 29.3 Å². The van der Waals surface area contributed by atoms with E-state index in [0.717, 1.165) is 16.5 Å². The van der Waals surface area contributed by atoms with Crippen molar-refractivity contribution in [3.05, 3.63) is 78.0 Å². The summed E-state index contributed by atoms with van der Waals surface area (Å²) in [5.41, 5.74) is 2.28. The lowest BCUT2D eigenvalue weighted by Crippen LogP contribution is -2.39. The summed E-state index contributed by atoms with van der Waals surface area (Å²) in [6, 6.07) is 18.6. The predicted molar refractivity (Wildman–Crippen MR) is 106 cm³/mol. The zero-order valence-corrected chi connectivity index (χ0v) is 15.4. The Labute approximate surface area is 163 Å². The Morgan fingerprint density at radius 2 is 1.89 bits per heavy atom. The zero-order chi connectivity index (χ0) is 19.5. The number of carbonyl (C=O) groups excluding carboxylic acids is 2. The Morgan fingerprint density at radius 1 is 1.07 bits per heavy atom. The molecule has 1 aromatic heterocycles. The highest BCUT2D eigenvalue weighted by Crippen LogP contribution is 2.17. The van der Waals surface area contributed by atoms with E-state index in [2.05, 4.69) is 4.98 Å². The molecule has 142 valence electrons. The normalized spacial score (nSPS) is 17.6. The van der Waals surface area contributed by atoms with Gasteiger partial charge in [0.2, 0.25) is 5.91 Å². The minimum absolute atomic E-state index is 0.0478. The molecule has 1 aliphatic heterocycles. The molecule has 2 amide bonds. The molecular weight excluding hydrogens is 354 g/mol. The number of fused-ring (bicyclic) bond motifs is 1. The number of aliphatic hydroxyl groups excluding tert-OH is 1. The summed E-state index contributed by atoms with van der Waals surface area (Å²) in [7, 11) is 0. The van der Waals surface area contributed by atoms with Crippen LogP contribution in [0.25, 0.3) is 10.9 Å². The number of hydrogen-bond donors (Lipinski definition) is 1. The van der Waals surface area contributed by atoms with E-state index < -0.39 is 6.10 Å². The maximum absolute atomic E-state index is 13.0. The van der Waals surface area contributed by atoms with Crippen LogP contribution in [-0.4, -0.2) is 57.4 Å². The van der Waals surface area contributed by atoms with E-state index in [-0.39, 0.29) is 31.4 Å². The van der Waals surface area contributed by atoms with Gasteiger partial charge in [0.15, 0.2) is 0 Å². The molecule has 0 aliphatic carbocycles. The molecule has 1 saturated heterocycles. The summed E-state index contributed by atoms with van der Waals surface area (Å²) in [5, 5.41) is 11.3. The molecule has 0 spiro atoms. The number of pyridine rings is 1. The van der Waals surface area contributed by atoms with Gasteiger partial charge in [-0.3, -0.25) is 14.6 Å². The fourth-order valence-electron chi connectivity index (χ4n) is 3.50. The fraction of sp³-hybridized carbons (Fsp3) is 0.227. The number of nitrogens with zero attached hydrogens (tertiary/aromatic N) is 3. The molecule has 1 unspecified atom stereocenters. The number of benzene rings is 2. The SMILES string of the molecule is O=C1CN(C(=O)c2ccc3ncccc3c2)CC(O)CN1Cc1ccccc1. The maximum atomic E-state index is 13.0. The lowest BCUT2D eigenvalue weighted by molar-refractivity contribution is -0.131. The van der Waals surface area contributed by atoms with E-state index in [9.17, 15) is 14.7 Å². The number of aromatic nitrogens is 1. The van der Waals surface area contributed by atoms with Crippen molar-refractivity contribution in [3.8, 4) is 0 Å². The second kappa shape index (κ2) is 7.78. The predicted octanol–water partition coefficient (Wildman–Crippen LogP) is 2.08. The van der Waals surface area contributed by atoms with Crippen LogP contribution in [0.4, 0.5) is 0 Å². The molecule has 0 bridgehead atoms. The van der Waals surface area contributed by atoms with E-state index >= 15 is 0 Å². The van der Waals surface area contributed by atoms with Gasteiger partial charge < -0.3 is 14.9 Å². The molecule has 1 atom stereocenters. The van der Waals surface area contributed by atoms with Gasteiger partial charge in [0.25, 0.3) is 5.91 Å². The number of amides is 2. The number of hydrogen-bond acceptors (Lipinski definition) is 4. The zero-order valence-electron chi connectivity index (χ0n) is 15.4. The first-order valence-corrected chi connectivity index (χ1v) is 9.24. The molecule has 4 rings (SSSR count). The van der Waals surface area contributed by atoms with Crippen molar-refractivity contribution < 1.29 is 14.7 Å². The average molecular weight is 375 g/mol. The largest absolute Gasteiger partial charge is 0.389 e.